The summed E-state index contributed by atoms with van der Waals surface area (Å²) in [5.41, 5.74) is 5.52. The van der Waals surface area contributed by atoms with Crippen LogP contribution in [-0.4, -0.2) is 36.5 Å². The average molecular weight is 273 g/mol. The molecule has 1 aromatic heterocycles. The summed E-state index contributed by atoms with van der Waals surface area (Å²) in [6, 6.07) is -0.752. The fourth-order valence-electron chi connectivity index (χ4n) is 1.89. The number of anilines is 1. The molecule has 9 heteroatoms. The van der Waals surface area contributed by atoms with Crippen LogP contribution in [0.2, 0.25) is 0 Å². The van der Waals surface area contributed by atoms with Crippen molar-refractivity contribution in [2.45, 2.75) is 23.9 Å². The number of aryl methyl sites for hydroxylation is 1. The zero-order chi connectivity index (χ0) is 13.3. The first-order valence-corrected chi connectivity index (χ1v) is 6.97. The first kappa shape index (κ1) is 12.8. The lowest BCUT2D eigenvalue weighted by Crippen LogP contribution is -2.50. The molecule has 1 fully saturated rings. The normalized spacial score (nSPS) is 20.7. The van der Waals surface area contributed by atoms with E-state index in [1.165, 1.54) is 17.9 Å². The number of hydrogen-bond acceptors (Lipinski definition) is 5. The number of rotatable bonds is 3. The van der Waals surface area contributed by atoms with Crippen LogP contribution in [0.25, 0.3) is 0 Å². The Labute approximate surface area is 105 Å². The molecular weight excluding hydrogens is 258 g/mol. The molecule has 1 unspecified atom stereocenters. The Morgan fingerprint density at radius 1 is 1.61 bits per heavy atom. The predicted octanol–water partition coefficient (Wildman–Crippen LogP) is -1.44. The molecule has 8 nitrogen and oxygen atoms in total. The standard InChI is InChI=1S/C9H15N5O3S/c1-14-5-12-7(10)9(14)18(16,17)13-6-3-2-4-11-8(6)15/h5-6,13H,2-4,10H2,1H3,(H,11,15). The van der Waals surface area contributed by atoms with Crippen molar-refractivity contribution in [3.63, 3.8) is 0 Å². The quantitative estimate of drug-likeness (QED) is 0.623. The molecule has 1 aliphatic rings. The number of nitrogen functional groups attached to an aromatic ring is 1. The number of sulfonamides is 1. The summed E-state index contributed by atoms with van der Waals surface area (Å²) in [6.45, 7) is 0.574. The summed E-state index contributed by atoms with van der Waals surface area (Å²) in [5.74, 6) is -0.396. The monoisotopic (exact) mass is 273 g/mol. The SMILES string of the molecule is Cn1cnc(N)c1S(=O)(=O)NC1CCCNC1=O. The summed E-state index contributed by atoms with van der Waals surface area (Å²) in [6.07, 6.45) is 2.52. The average Bonchev–Trinajstić information content (AvgIpc) is 2.62. The maximum absolute atomic E-state index is 12.1. The first-order chi connectivity index (χ1) is 8.42. The first-order valence-electron chi connectivity index (χ1n) is 5.48. The van der Waals surface area contributed by atoms with Gasteiger partial charge >= 0.3 is 0 Å². The van der Waals surface area contributed by atoms with Crippen LogP contribution in [0.15, 0.2) is 11.4 Å². The van der Waals surface area contributed by atoms with Crippen molar-refractivity contribution in [1.82, 2.24) is 19.6 Å². The Balaban J connectivity index is 2.25. The van der Waals surface area contributed by atoms with Crippen molar-refractivity contribution in [3.05, 3.63) is 6.33 Å². The summed E-state index contributed by atoms with van der Waals surface area (Å²) in [7, 11) is -2.32. The van der Waals surface area contributed by atoms with Gasteiger partial charge in [0.25, 0.3) is 10.0 Å². The molecule has 4 N–H and O–H groups in total. The summed E-state index contributed by atoms with van der Waals surface area (Å²) in [5, 5.41) is 2.49. The van der Waals surface area contributed by atoms with E-state index in [1.54, 1.807) is 0 Å². The number of nitrogens with one attached hydrogen (secondary N) is 2. The zero-order valence-electron chi connectivity index (χ0n) is 9.88. The molecule has 0 radical (unpaired) electrons. The summed E-state index contributed by atoms with van der Waals surface area (Å²) >= 11 is 0. The van der Waals surface area contributed by atoms with Gasteiger partial charge in [-0.05, 0) is 12.8 Å². The Morgan fingerprint density at radius 3 is 2.89 bits per heavy atom. The maximum Gasteiger partial charge on any atom is 0.260 e. The van der Waals surface area contributed by atoms with Crippen molar-refractivity contribution in [3.8, 4) is 0 Å². The molecule has 1 saturated heterocycles. The fraction of sp³-hybridized carbons (Fsp3) is 0.556. The number of piperidine rings is 1. The van der Waals surface area contributed by atoms with Gasteiger partial charge in [0.05, 0.1) is 6.33 Å². The highest BCUT2D eigenvalue weighted by molar-refractivity contribution is 7.89. The van der Waals surface area contributed by atoms with Crippen molar-refractivity contribution in [2.75, 3.05) is 12.3 Å². The van der Waals surface area contributed by atoms with Gasteiger partial charge in [0.2, 0.25) is 5.91 Å². The molecule has 2 rings (SSSR count). The van der Waals surface area contributed by atoms with Gasteiger partial charge in [-0.2, -0.15) is 4.72 Å². The molecule has 1 aliphatic heterocycles. The molecular formula is C9H15N5O3S. The molecule has 1 aromatic rings. The van der Waals surface area contributed by atoms with E-state index in [4.69, 9.17) is 5.73 Å². The highest BCUT2D eigenvalue weighted by atomic mass is 32.2. The van der Waals surface area contributed by atoms with Crippen molar-refractivity contribution < 1.29 is 13.2 Å². The fourth-order valence-corrected chi connectivity index (χ4v) is 3.36. The van der Waals surface area contributed by atoms with Gasteiger partial charge in [-0.25, -0.2) is 13.4 Å². The van der Waals surface area contributed by atoms with Gasteiger partial charge in [-0.1, -0.05) is 0 Å². The number of imidazole rings is 1. The molecule has 0 saturated carbocycles. The van der Waals surface area contributed by atoms with Gasteiger partial charge in [0.1, 0.15) is 6.04 Å². The van der Waals surface area contributed by atoms with Crippen LogP contribution in [0.1, 0.15) is 12.8 Å². The number of hydrogen-bond donors (Lipinski definition) is 3. The molecule has 0 aliphatic carbocycles. The van der Waals surface area contributed by atoms with Crippen LogP contribution < -0.4 is 15.8 Å². The maximum atomic E-state index is 12.1. The highest BCUT2D eigenvalue weighted by Crippen LogP contribution is 2.16. The molecule has 2 heterocycles. The van der Waals surface area contributed by atoms with Crippen LogP contribution in [0.3, 0.4) is 0 Å². The minimum atomic E-state index is -3.85. The number of amides is 1. The topological polar surface area (TPSA) is 119 Å². The Hall–Kier alpha value is -1.61. The van der Waals surface area contributed by atoms with E-state index in [0.29, 0.717) is 13.0 Å². The van der Waals surface area contributed by atoms with Gasteiger partial charge in [-0.15, -0.1) is 0 Å². The van der Waals surface area contributed by atoms with E-state index in [0.717, 1.165) is 6.42 Å². The van der Waals surface area contributed by atoms with Gasteiger partial charge in [-0.3, -0.25) is 4.79 Å². The molecule has 0 bridgehead atoms. The second-order valence-electron chi connectivity index (χ2n) is 4.15. The Morgan fingerprint density at radius 2 is 2.33 bits per heavy atom. The Bertz CT molecular complexity index is 545. The third kappa shape index (κ3) is 2.31. The van der Waals surface area contributed by atoms with Gasteiger partial charge in [0, 0.05) is 13.6 Å². The lowest BCUT2D eigenvalue weighted by Gasteiger charge is -2.22. The third-order valence-electron chi connectivity index (χ3n) is 2.75. The highest BCUT2D eigenvalue weighted by Gasteiger charge is 2.30. The molecule has 0 spiro atoms. The Kier molecular flexibility index (Phi) is 3.26. The number of nitrogens with zero attached hydrogens (tertiary/aromatic N) is 2. The van der Waals surface area contributed by atoms with E-state index in [1.807, 2.05) is 0 Å². The number of carbonyl (C=O) groups is 1. The lowest BCUT2D eigenvalue weighted by molar-refractivity contribution is -0.124. The van der Waals surface area contributed by atoms with E-state index in [2.05, 4.69) is 15.0 Å². The zero-order valence-corrected chi connectivity index (χ0v) is 10.7. The van der Waals surface area contributed by atoms with Crippen LogP contribution in [0.5, 0.6) is 0 Å². The molecule has 100 valence electrons. The number of nitrogens with two attached hydrogens (primary N) is 1. The van der Waals surface area contributed by atoms with Crippen molar-refractivity contribution in [1.29, 1.82) is 0 Å². The predicted molar refractivity (Wildman–Crippen MR) is 64.0 cm³/mol. The largest absolute Gasteiger partial charge is 0.381 e. The third-order valence-corrected chi connectivity index (χ3v) is 4.35. The lowest BCUT2D eigenvalue weighted by atomic mass is 10.1. The van der Waals surface area contributed by atoms with E-state index in [9.17, 15) is 13.2 Å². The summed E-state index contributed by atoms with van der Waals surface area (Å²) in [4.78, 5) is 15.2. The number of carbonyl (C=O) groups excluding carboxylic acids is 1. The minimum Gasteiger partial charge on any atom is -0.381 e. The van der Waals surface area contributed by atoms with Crippen molar-refractivity contribution >= 4 is 21.7 Å². The van der Waals surface area contributed by atoms with Crippen LogP contribution in [0.4, 0.5) is 5.82 Å². The minimum absolute atomic E-state index is 0.0822. The van der Waals surface area contributed by atoms with E-state index >= 15 is 0 Å². The molecule has 1 amide bonds. The van der Waals surface area contributed by atoms with Gasteiger partial charge in [0.15, 0.2) is 10.8 Å². The smallest absolute Gasteiger partial charge is 0.260 e. The van der Waals surface area contributed by atoms with Crippen LogP contribution >= 0.6 is 0 Å². The van der Waals surface area contributed by atoms with E-state index < -0.39 is 16.1 Å². The molecule has 1 atom stereocenters. The summed E-state index contributed by atoms with van der Waals surface area (Å²) < 4.78 is 27.9. The molecule has 0 aromatic carbocycles. The van der Waals surface area contributed by atoms with E-state index in [-0.39, 0.29) is 16.8 Å². The van der Waals surface area contributed by atoms with Crippen LogP contribution in [-0.2, 0) is 21.9 Å². The van der Waals surface area contributed by atoms with Gasteiger partial charge < -0.3 is 15.6 Å². The number of aromatic nitrogens is 2. The molecule has 18 heavy (non-hydrogen) atoms. The second kappa shape index (κ2) is 4.58. The second-order valence-corrected chi connectivity index (χ2v) is 5.78. The van der Waals surface area contributed by atoms with Crippen LogP contribution in [0, 0.1) is 0 Å². The van der Waals surface area contributed by atoms with Crippen molar-refractivity contribution in [2.24, 2.45) is 7.05 Å².